The molecule has 0 atom stereocenters. The van der Waals surface area contributed by atoms with Gasteiger partial charge >= 0.3 is 0 Å². The van der Waals surface area contributed by atoms with Crippen molar-refractivity contribution in [3.63, 3.8) is 0 Å². The lowest BCUT2D eigenvalue weighted by molar-refractivity contribution is 0.395. The molecular formula is C17H22N6O. The number of hydrogen-bond acceptors (Lipinski definition) is 7. The number of piperazine rings is 1. The number of nitrogens with zero attached hydrogens (tertiary/aromatic N) is 6. The van der Waals surface area contributed by atoms with E-state index in [1.54, 1.807) is 19.5 Å². The van der Waals surface area contributed by atoms with E-state index in [-0.39, 0.29) is 0 Å². The zero-order valence-corrected chi connectivity index (χ0v) is 14.1. The number of rotatable bonds is 4. The molecule has 126 valence electrons. The molecule has 0 amide bonds. The molecule has 0 radical (unpaired) electrons. The van der Waals surface area contributed by atoms with Crippen LogP contribution < -0.4 is 14.5 Å². The molecule has 1 aliphatic heterocycles. The minimum atomic E-state index is 0.551. The van der Waals surface area contributed by atoms with E-state index in [9.17, 15) is 0 Å². The van der Waals surface area contributed by atoms with E-state index in [4.69, 9.17) is 9.72 Å². The van der Waals surface area contributed by atoms with Gasteiger partial charge in [-0.2, -0.15) is 4.98 Å². The zero-order valence-electron chi connectivity index (χ0n) is 14.1. The molecular weight excluding hydrogens is 304 g/mol. The van der Waals surface area contributed by atoms with Gasteiger partial charge in [-0.15, -0.1) is 0 Å². The monoisotopic (exact) mass is 326 g/mol. The maximum absolute atomic E-state index is 5.16. The topological polar surface area (TPSA) is 67.3 Å². The Hall–Kier alpha value is -2.44. The minimum absolute atomic E-state index is 0.551. The van der Waals surface area contributed by atoms with Crippen molar-refractivity contribution >= 4 is 11.6 Å². The van der Waals surface area contributed by atoms with Crippen LogP contribution in [0.1, 0.15) is 30.3 Å². The summed E-state index contributed by atoms with van der Waals surface area (Å²) in [7, 11) is 1.61. The molecule has 7 nitrogen and oxygen atoms in total. The van der Waals surface area contributed by atoms with Crippen LogP contribution in [-0.4, -0.2) is 53.2 Å². The van der Waals surface area contributed by atoms with Gasteiger partial charge in [0.05, 0.1) is 19.5 Å². The summed E-state index contributed by atoms with van der Waals surface area (Å²) in [4.78, 5) is 22.6. The highest BCUT2D eigenvalue weighted by atomic mass is 16.5. The Morgan fingerprint density at radius 3 is 2.33 bits per heavy atom. The van der Waals surface area contributed by atoms with E-state index >= 15 is 0 Å². The van der Waals surface area contributed by atoms with Crippen LogP contribution in [0.25, 0.3) is 0 Å². The molecule has 1 aliphatic carbocycles. The molecule has 24 heavy (non-hydrogen) atoms. The van der Waals surface area contributed by atoms with Crippen LogP contribution in [0.2, 0.25) is 0 Å². The van der Waals surface area contributed by atoms with Crippen LogP contribution in [0.4, 0.5) is 11.6 Å². The molecule has 2 fully saturated rings. The molecule has 0 spiro atoms. The Balaban J connectivity index is 1.46. The Morgan fingerprint density at radius 1 is 0.958 bits per heavy atom. The molecule has 0 unspecified atom stereocenters. The summed E-state index contributed by atoms with van der Waals surface area (Å²) in [6, 6.07) is 2.09. The van der Waals surface area contributed by atoms with Crippen molar-refractivity contribution in [1.29, 1.82) is 0 Å². The predicted octanol–water partition coefficient (Wildman–Crippen LogP) is 1.79. The standard InChI is InChI=1S/C17H22N6O/c1-12-9-14(21-17(19-12)13-3-4-13)22-5-7-23(8-6-22)15-10-18-11-16(20-15)24-2/h9-11,13H,3-8H2,1-2H3. The normalized spacial score (nSPS) is 17.9. The van der Waals surface area contributed by atoms with Gasteiger partial charge in [-0.1, -0.05) is 0 Å². The number of ether oxygens (including phenoxy) is 1. The molecule has 2 aliphatic rings. The van der Waals surface area contributed by atoms with Gasteiger partial charge in [-0.3, -0.25) is 4.98 Å². The van der Waals surface area contributed by atoms with Crippen molar-refractivity contribution in [2.45, 2.75) is 25.7 Å². The first-order chi connectivity index (χ1) is 11.7. The van der Waals surface area contributed by atoms with Crippen molar-refractivity contribution in [1.82, 2.24) is 19.9 Å². The summed E-state index contributed by atoms with van der Waals surface area (Å²) < 4.78 is 5.16. The van der Waals surface area contributed by atoms with E-state index in [0.29, 0.717) is 11.8 Å². The highest BCUT2D eigenvalue weighted by Gasteiger charge is 2.28. The number of aromatic nitrogens is 4. The lowest BCUT2D eigenvalue weighted by Crippen LogP contribution is -2.47. The summed E-state index contributed by atoms with van der Waals surface area (Å²) in [5, 5.41) is 0. The quantitative estimate of drug-likeness (QED) is 0.848. The molecule has 2 aromatic rings. The number of hydrogen-bond donors (Lipinski definition) is 0. The second-order valence-electron chi connectivity index (χ2n) is 6.39. The molecule has 1 saturated carbocycles. The van der Waals surface area contributed by atoms with E-state index in [1.807, 2.05) is 0 Å². The van der Waals surface area contributed by atoms with Crippen molar-refractivity contribution in [3.05, 3.63) is 30.0 Å². The van der Waals surface area contributed by atoms with Gasteiger partial charge in [0.2, 0.25) is 5.88 Å². The van der Waals surface area contributed by atoms with Crippen LogP contribution >= 0.6 is 0 Å². The SMILES string of the molecule is COc1cncc(N2CCN(c3cc(C)nc(C4CC4)n3)CC2)n1. The lowest BCUT2D eigenvalue weighted by Gasteiger charge is -2.36. The van der Waals surface area contributed by atoms with Crippen molar-refractivity contribution in [2.75, 3.05) is 43.1 Å². The van der Waals surface area contributed by atoms with Crippen LogP contribution in [-0.2, 0) is 0 Å². The highest BCUT2D eigenvalue weighted by Crippen LogP contribution is 2.38. The third kappa shape index (κ3) is 3.11. The van der Waals surface area contributed by atoms with Gasteiger partial charge in [0.1, 0.15) is 11.6 Å². The molecule has 0 aromatic carbocycles. The number of methoxy groups -OCH3 is 1. The third-order valence-corrected chi connectivity index (χ3v) is 4.54. The van der Waals surface area contributed by atoms with Gasteiger partial charge in [-0.05, 0) is 19.8 Å². The first-order valence-electron chi connectivity index (χ1n) is 8.44. The van der Waals surface area contributed by atoms with Crippen LogP contribution in [0.5, 0.6) is 5.88 Å². The summed E-state index contributed by atoms with van der Waals surface area (Å²) in [5.74, 6) is 4.07. The van der Waals surface area contributed by atoms with Gasteiger partial charge in [0, 0.05) is 43.9 Å². The summed E-state index contributed by atoms with van der Waals surface area (Å²) in [5.41, 5.74) is 1.06. The highest BCUT2D eigenvalue weighted by molar-refractivity contribution is 5.45. The van der Waals surface area contributed by atoms with E-state index < -0.39 is 0 Å². The Labute approximate surface area is 141 Å². The first-order valence-corrected chi connectivity index (χ1v) is 8.44. The molecule has 0 bridgehead atoms. The molecule has 3 heterocycles. The van der Waals surface area contributed by atoms with Gasteiger partial charge in [0.15, 0.2) is 5.82 Å². The average molecular weight is 326 g/mol. The zero-order chi connectivity index (χ0) is 16.5. The van der Waals surface area contributed by atoms with Gasteiger partial charge in [-0.25, -0.2) is 9.97 Å². The van der Waals surface area contributed by atoms with Crippen molar-refractivity contribution < 1.29 is 4.74 Å². The van der Waals surface area contributed by atoms with Crippen molar-refractivity contribution in [3.8, 4) is 5.88 Å². The first kappa shape index (κ1) is 15.1. The summed E-state index contributed by atoms with van der Waals surface area (Å²) >= 11 is 0. The molecule has 4 rings (SSSR count). The van der Waals surface area contributed by atoms with Gasteiger partial charge < -0.3 is 14.5 Å². The fourth-order valence-corrected chi connectivity index (χ4v) is 3.01. The van der Waals surface area contributed by atoms with Crippen molar-refractivity contribution in [2.24, 2.45) is 0 Å². The maximum Gasteiger partial charge on any atom is 0.233 e. The smallest absolute Gasteiger partial charge is 0.233 e. The Kier molecular flexibility index (Phi) is 3.92. The summed E-state index contributed by atoms with van der Waals surface area (Å²) in [6.07, 6.45) is 5.87. The molecule has 7 heteroatoms. The second-order valence-corrected chi connectivity index (χ2v) is 6.39. The molecule has 0 N–H and O–H groups in total. The summed E-state index contributed by atoms with van der Waals surface area (Å²) in [6.45, 7) is 5.67. The Morgan fingerprint density at radius 2 is 1.67 bits per heavy atom. The third-order valence-electron chi connectivity index (χ3n) is 4.54. The Bertz CT molecular complexity index is 725. The lowest BCUT2D eigenvalue weighted by atomic mass is 10.3. The molecule has 1 saturated heterocycles. The average Bonchev–Trinajstić information content (AvgIpc) is 3.47. The second kappa shape index (κ2) is 6.22. The fourth-order valence-electron chi connectivity index (χ4n) is 3.01. The van der Waals surface area contributed by atoms with E-state index in [2.05, 4.69) is 37.7 Å². The van der Waals surface area contributed by atoms with Crippen LogP contribution in [0.15, 0.2) is 18.5 Å². The fraction of sp³-hybridized carbons (Fsp3) is 0.529. The maximum atomic E-state index is 5.16. The van der Waals surface area contributed by atoms with Crippen LogP contribution in [0, 0.1) is 6.92 Å². The van der Waals surface area contributed by atoms with Gasteiger partial charge in [0.25, 0.3) is 0 Å². The van der Waals surface area contributed by atoms with E-state index in [1.165, 1.54) is 12.8 Å². The molecule has 2 aromatic heterocycles. The van der Waals surface area contributed by atoms with Crippen LogP contribution in [0.3, 0.4) is 0 Å². The number of aryl methyl sites for hydroxylation is 1. The minimum Gasteiger partial charge on any atom is -0.480 e. The number of anilines is 2. The largest absolute Gasteiger partial charge is 0.480 e. The van der Waals surface area contributed by atoms with E-state index in [0.717, 1.165) is 49.3 Å². The predicted molar refractivity (Wildman–Crippen MR) is 91.8 cm³/mol.